The largest absolute Gasteiger partial charge is 0.508 e. The van der Waals surface area contributed by atoms with E-state index in [9.17, 15) is 5.11 Å². The maximum atomic E-state index is 9.18. The Morgan fingerprint density at radius 2 is 1.92 bits per heavy atom. The summed E-state index contributed by atoms with van der Waals surface area (Å²) in [6.45, 7) is 0.381. The first-order chi connectivity index (χ1) is 5.76. The second-order valence-electron chi connectivity index (χ2n) is 2.60. The van der Waals surface area contributed by atoms with Crippen LogP contribution >= 0.6 is 0 Å². The minimum Gasteiger partial charge on any atom is -0.508 e. The quantitative estimate of drug-likeness (QED) is 0.708. The highest BCUT2D eigenvalue weighted by Crippen LogP contribution is 2.16. The minimum absolute atomic E-state index is 0.0644. The van der Waals surface area contributed by atoms with Gasteiger partial charge in [0, 0.05) is 7.11 Å². The zero-order chi connectivity index (χ0) is 8.97. The van der Waals surface area contributed by atoms with Crippen molar-refractivity contribution < 1.29 is 14.9 Å². The van der Waals surface area contributed by atoms with Crippen LogP contribution in [-0.2, 0) is 18.0 Å². The number of rotatable bonds is 3. The molecule has 0 spiro atoms. The molecule has 0 heterocycles. The Morgan fingerprint density at radius 1 is 1.25 bits per heavy atom. The third-order valence-corrected chi connectivity index (χ3v) is 1.53. The van der Waals surface area contributed by atoms with Gasteiger partial charge in [0.2, 0.25) is 0 Å². The molecule has 12 heavy (non-hydrogen) atoms. The first kappa shape index (κ1) is 9.03. The standard InChI is InChI=1S/C9H12O3/c1-12-6-8-2-7(5-10)3-9(11)4-8/h2-4,10-11H,5-6H2,1H3. The second-order valence-corrected chi connectivity index (χ2v) is 2.60. The molecule has 1 aromatic rings. The zero-order valence-electron chi connectivity index (χ0n) is 6.95. The summed E-state index contributed by atoms with van der Waals surface area (Å²) in [6.07, 6.45) is 0. The number of methoxy groups -OCH3 is 1. The van der Waals surface area contributed by atoms with Gasteiger partial charge >= 0.3 is 0 Å². The van der Waals surface area contributed by atoms with Crippen LogP contribution in [-0.4, -0.2) is 17.3 Å². The molecule has 0 saturated heterocycles. The molecular weight excluding hydrogens is 156 g/mol. The van der Waals surface area contributed by atoms with Crippen molar-refractivity contribution in [2.45, 2.75) is 13.2 Å². The van der Waals surface area contributed by atoms with Crippen LogP contribution < -0.4 is 0 Å². The Labute approximate surface area is 71.2 Å². The first-order valence-electron chi connectivity index (χ1n) is 3.68. The van der Waals surface area contributed by atoms with Crippen molar-refractivity contribution in [2.75, 3.05) is 7.11 Å². The third kappa shape index (κ3) is 2.22. The number of hydrogen-bond donors (Lipinski definition) is 2. The average Bonchev–Trinajstić information content (AvgIpc) is 2.04. The number of hydrogen-bond acceptors (Lipinski definition) is 3. The predicted octanol–water partition coefficient (Wildman–Crippen LogP) is 1.03. The molecule has 0 saturated carbocycles. The number of benzene rings is 1. The summed E-state index contributed by atoms with van der Waals surface area (Å²) >= 11 is 0. The van der Waals surface area contributed by atoms with Gasteiger partial charge in [-0.25, -0.2) is 0 Å². The van der Waals surface area contributed by atoms with Crippen LogP contribution in [0.1, 0.15) is 11.1 Å². The van der Waals surface area contributed by atoms with E-state index in [-0.39, 0.29) is 12.4 Å². The number of phenols is 1. The normalized spacial score (nSPS) is 10.2. The first-order valence-corrected chi connectivity index (χ1v) is 3.68. The minimum atomic E-state index is -0.0644. The number of aliphatic hydroxyl groups excluding tert-OH is 1. The van der Waals surface area contributed by atoms with Gasteiger partial charge in [0.15, 0.2) is 0 Å². The molecule has 1 aromatic carbocycles. The molecule has 0 fully saturated rings. The highest BCUT2D eigenvalue weighted by Gasteiger charge is 1.98. The molecule has 0 aromatic heterocycles. The van der Waals surface area contributed by atoms with Gasteiger partial charge in [-0.15, -0.1) is 0 Å². The van der Waals surface area contributed by atoms with E-state index in [0.29, 0.717) is 12.2 Å². The van der Waals surface area contributed by atoms with Crippen molar-refractivity contribution in [2.24, 2.45) is 0 Å². The fourth-order valence-corrected chi connectivity index (χ4v) is 1.08. The lowest BCUT2D eigenvalue weighted by Gasteiger charge is -2.03. The maximum Gasteiger partial charge on any atom is 0.116 e. The van der Waals surface area contributed by atoms with E-state index in [1.807, 2.05) is 0 Å². The van der Waals surface area contributed by atoms with E-state index >= 15 is 0 Å². The molecular formula is C9H12O3. The predicted molar refractivity (Wildman–Crippen MR) is 44.7 cm³/mol. The van der Waals surface area contributed by atoms with E-state index in [0.717, 1.165) is 5.56 Å². The smallest absolute Gasteiger partial charge is 0.116 e. The van der Waals surface area contributed by atoms with Crippen molar-refractivity contribution in [1.29, 1.82) is 0 Å². The summed E-state index contributed by atoms with van der Waals surface area (Å²) < 4.78 is 4.89. The lowest BCUT2D eigenvalue weighted by atomic mass is 10.1. The summed E-state index contributed by atoms with van der Waals surface area (Å²) in [4.78, 5) is 0. The molecule has 0 bridgehead atoms. The molecule has 0 aliphatic heterocycles. The van der Waals surface area contributed by atoms with Crippen LogP contribution in [0.25, 0.3) is 0 Å². The summed E-state index contributed by atoms with van der Waals surface area (Å²) in [6, 6.07) is 4.94. The molecule has 0 atom stereocenters. The van der Waals surface area contributed by atoms with Crippen LogP contribution in [0.3, 0.4) is 0 Å². The Hall–Kier alpha value is -1.06. The van der Waals surface area contributed by atoms with E-state index in [1.54, 1.807) is 19.2 Å². The molecule has 0 aliphatic carbocycles. The molecule has 1 rings (SSSR count). The molecule has 3 heteroatoms. The van der Waals surface area contributed by atoms with Gasteiger partial charge in [-0.2, -0.15) is 0 Å². The number of aromatic hydroxyl groups is 1. The Balaban J connectivity index is 2.90. The fraction of sp³-hybridized carbons (Fsp3) is 0.333. The Kier molecular flexibility index (Phi) is 3.08. The maximum absolute atomic E-state index is 9.18. The monoisotopic (exact) mass is 168 g/mol. The van der Waals surface area contributed by atoms with Crippen molar-refractivity contribution in [3.8, 4) is 5.75 Å². The van der Waals surface area contributed by atoms with Crippen LogP contribution in [0.4, 0.5) is 0 Å². The summed E-state index contributed by atoms with van der Waals surface area (Å²) in [5, 5.41) is 18.0. The average molecular weight is 168 g/mol. The Bertz CT molecular complexity index is 258. The van der Waals surface area contributed by atoms with Crippen molar-refractivity contribution in [3.05, 3.63) is 29.3 Å². The molecule has 2 N–H and O–H groups in total. The zero-order valence-corrected chi connectivity index (χ0v) is 6.95. The van der Waals surface area contributed by atoms with Crippen LogP contribution in [0.15, 0.2) is 18.2 Å². The second kappa shape index (κ2) is 4.09. The van der Waals surface area contributed by atoms with Gasteiger partial charge in [0.25, 0.3) is 0 Å². The van der Waals surface area contributed by atoms with Crippen LogP contribution in [0, 0.1) is 0 Å². The summed E-state index contributed by atoms with van der Waals surface area (Å²) in [7, 11) is 1.59. The Morgan fingerprint density at radius 3 is 2.50 bits per heavy atom. The van der Waals surface area contributed by atoms with E-state index in [2.05, 4.69) is 0 Å². The topological polar surface area (TPSA) is 49.7 Å². The van der Waals surface area contributed by atoms with Crippen molar-refractivity contribution >= 4 is 0 Å². The molecule has 66 valence electrons. The van der Waals surface area contributed by atoms with Gasteiger partial charge in [-0.3, -0.25) is 0 Å². The van der Waals surface area contributed by atoms with Crippen LogP contribution in [0.2, 0.25) is 0 Å². The van der Waals surface area contributed by atoms with Crippen LogP contribution in [0.5, 0.6) is 5.75 Å². The van der Waals surface area contributed by atoms with E-state index in [4.69, 9.17) is 9.84 Å². The molecule has 0 amide bonds. The summed E-state index contributed by atoms with van der Waals surface area (Å²) in [5.74, 6) is 0.161. The lowest BCUT2D eigenvalue weighted by Crippen LogP contribution is -1.90. The van der Waals surface area contributed by atoms with Crippen molar-refractivity contribution in [1.82, 2.24) is 0 Å². The summed E-state index contributed by atoms with van der Waals surface area (Å²) in [5.41, 5.74) is 1.56. The third-order valence-electron chi connectivity index (χ3n) is 1.53. The van der Waals surface area contributed by atoms with E-state index < -0.39 is 0 Å². The van der Waals surface area contributed by atoms with Gasteiger partial charge in [0.1, 0.15) is 5.75 Å². The molecule has 0 radical (unpaired) electrons. The number of phenolic OH excluding ortho intramolecular Hbond substituents is 1. The number of ether oxygens (including phenoxy) is 1. The number of aliphatic hydroxyl groups is 1. The van der Waals surface area contributed by atoms with E-state index in [1.165, 1.54) is 6.07 Å². The van der Waals surface area contributed by atoms with Gasteiger partial charge in [-0.05, 0) is 23.3 Å². The molecule has 0 aliphatic rings. The fourth-order valence-electron chi connectivity index (χ4n) is 1.08. The SMILES string of the molecule is COCc1cc(O)cc(CO)c1. The van der Waals surface area contributed by atoms with Gasteiger partial charge in [0.05, 0.1) is 13.2 Å². The highest BCUT2D eigenvalue weighted by atomic mass is 16.5. The lowest BCUT2D eigenvalue weighted by molar-refractivity contribution is 0.184. The molecule has 0 unspecified atom stereocenters. The molecule has 3 nitrogen and oxygen atoms in total. The highest BCUT2D eigenvalue weighted by molar-refractivity contribution is 5.32. The van der Waals surface area contributed by atoms with Gasteiger partial charge < -0.3 is 14.9 Å². The van der Waals surface area contributed by atoms with Crippen molar-refractivity contribution in [3.63, 3.8) is 0 Å². The van der Waals surface area contributed by atoms with Gasteiger partial charge in [-0.1, -0.05) is 6.07 Å².